The average Bonchev–Trinajstić information content (AvgIpc) is 2.96. The van der Waals surface area contributed by atoms with Crippen LogP contribution in [0, 0.1) is 19.8 Å². The van der Waals surface area contributed by atoms with E-state index in [1.165, 1.54) is 0 Å². The molecule has 1 saturated heterocycles. The van der Waals surface area contributed by atoms with E-state index in [4.69, 9.17) is 4.74 Å². The first-order valence-corrected chi connectivity index (χ1v) is 9.04. The summed E-state index contributed by atoms with van der Waals surface area (Å²) in [7, 11) is 0. The Labute approximate surface area is 154 Å². The van der Waals surface area contributed by atoms with Crippen molar-refractivity contribution in [1.29, 1.82) is 0 Å². The first-order chi connectivity index (χ1) is 12.3. The predicted octanol–water partition coefficient (Wildman–Crippen LogP) is 4.39. The van der Waals surface area contributed by atoms with Gasteiger partial charge < -0.3 is 9.64 Å². The molecule has 1 amide bonds. The van der Waals surface area contributed by atoms with Gasteiger partial charge in [-0.1, -0.05) is 38.1 Å². The summed E-state index contributed by atoms with van der Waals surface area (Å²) in [6, 6.07) is 13.7. The maximum atomic E-state index is 12.7. The standard InChI is InChI=1S/C22H25NO3/c1-14(2)19-9-8-16(4)11-20(19)26-22(25)17-12-21(24)23(13-17)18-7-5-6-15(3)10-18/h5-11,14,17H,12-13H2,1-4H3/t17-/m1/s1. The van der Waals surface area contributed by atoms with Crippen molar-refractivity contribution in [2.24, 2.45) is 5.92 Å². The molecule has 0 aromatic heterocycles. The number of rotatable bonds is 4. The minimum absolute atomic E-state index is 0.0362. The SMILES string of the molecule is Cc1cccc(N2C[C@H](C(=O)Oc3cc(C)ccc3C(C)C)CC2=O)c1. The van der Waals surface area contributed by atoms with Crippen LogP contribution in [-0.4, -0.2) is 18.4 Å². The third kappa shape index (κ3) is 3.79. The van der Waals surface area contributed by atoms with E-state index >= 15 is 0 Å². The molecule has 1 aliphatic heterocycles. The highest BCUT2D eigenvalue weighted by molar-refractivity contribution is 5.99. The Hall–Kier alpha value is -2.62. The van der Waals surface area contributed by atoms with Crippen molar-refractivity contribution in [3.8, 4) is 5.75 Å². The van der Waals surface area contributed by atoms with Crippen LogP contribution in [-0.2, 0) is 9.59 Å². The summed E-state index contributed by atoms with van der Waals surface area (Å²) in [5.74, 6) is 0.0503. The second-order valence-corrected chi connectivity index (χ2v) is 7.36. The van der Waals surface area contributed by atoms with Crippen LogP contribution in [0.4, 0.5) is 5.69 Å². The number of esters is 1. The Morgan fingerprint density at radius 2 is 1.85 bits per heavy atom. The van der Waals surface area contributed by atoms with Crippen LogP contribution in [0.15, 0.2) is 42.5 Å². The molecule has 0 saturated carbocycles. The summed E-state index contributed by atoms with van der Waals surface area (Å²) >= 11 is 0. The molecular weight excluding hydrogens is 326 g/mol. The number of benzene rings is 2. The lowest BCUT2D eigenvalue weighted by molar-refractivity contribution is -0.139. The van der Waals surface area contributed by atoms with E-state index in [-0.39, 0.29) is 24.2 Å². The summed E-state index contributed by atoms with van der Waals surface area (Å²) in [4.78, 5) is 26.8. The molecule has 3 rings (SSSR count). The van der Waals surface area contributed by atoms with Crippen LogP contribution in [0.25, 0.3) is 0 Å². The van der Waals surface area contributed by atoms with Crippen molar-refractivity contribution in [3.05, 3.63) is 59.2 Å². The van der Waals surface area contributed by atoms with Crippen molar-refractivity contribution in [2.75, 3.05) is 11.4 Å². The van der Waals surface area contributed by atoms with Gasteiger partial charge in [-0.2, -0.15) is 0 Å². The molecule has 1 heterocycles. The molecular formula is C22H25NO3. The van der Waals surface area contributed by atoms with Gasteiger partial charge in [0.2, 0.25) is 5.91 Å². The van der Waals surface area contributed by atoms with Crippen molar-refractivity contribution < 1.29 is 14.3 Å². The number of hydrogen-bond acceptors (Lipinski definition) is 3. The van der Waals surface area contributed by atoms with Crippen molar-refractivity contribution in [2.45, 2.75) is 40.0 Å². The number of carbonyl (C=O) groups excluding carboxylic acids is 2. The van der Waals surface area contributed by atoms with Gasteiger partial charge in [0.05, 0.1) is 5.92 Å². The molecule has 0 unspecified atom stereocenters. The van der Waals surface area contributed by atoms with Crippen LogP contribution in [0.5, 0.6) is 5.75 Å². The second-order valence-electron chi connectivity index (χ2n) is 7.36. The minimum Gasteiger partial charge on any atom is -0.426 e. The number of hydrogen-bond donors (Lipinski definition) is 0. The van der Waals surface area contributed by atoms with Crippen LogP contribution < -0.4 is 9.64 Å². The van der Waals surface area contributed by atoms with Crippen LogP contribution in [0.3, 0.4) is 0 Å². The van der Waals surface area contributed by atoms with Gasteiger partial charge in [0.25, 0.3) is 0 Å². The van der Waals surface area contributed by atoms with Gasteiger partial charge >= 0.3 is 5.97 Å². The first kappa shape index (κ1) is 18.2. The summed E-state index contributed by atoms with van der Waals surface area (Å²) in [5.41, 5.74) is 3.97. The summed E-state index contributed by atoms with van der Waals surface area (Å²) in [6.07, 6.45) is 0.190. The van der Waals surface area contributed by atoms with Gasteiger partial charge in [0, 0.05) is 18.7 Å². The number of nitrogens with zero attached hydrogens (tertiary/aromatic N) is 1. The molecule has 0 bridgehead atoms. The lowest BCUT2D eigenvalue weighted by Crippen LogP contribution is -2.27. The molecule has 0 aliphatic carbocycles. The lowest BCUT2D eigenvalue weighted by Gasteiger charge is -2.18. The van der Waals surface area contributed by atoms with Crippen molar-refractivity contribution >= 4 is 17.6 Å². The fourth-order valence-corrected chi connectivity index (χ4v) is 3.31. The predicted molar refractivity (Wildman–Crippen MR) is 103 cm³/mol. The average molecular weight is 351 g/mol. The Morgan fingerprint density at radius 3 is 2.54 bits per heavy atom. The molecule has 0 spiro atoms. The highest BCUT2D eigenvalue weighted by Crippen LogP contribution is 2.30. The zero-order valence-electron chi connectivity index (χ0n) is 15.8. The minimum atomic E-state index is -0.441. The quantitative estimate of drug-likeness (QED) is 0.606. The van der Waals surface area contributed by atoms with E-state index in [2.05, 4.69) is 13.8 Å². The van der Waals surface area contributed by atoms with Crippen molar-refractivity contribution in [1.82, 2.24) is 0 Å². The van der Waals surface area contributed by atoms with E-state index in [0.717, 1.165) is 22.4 Å². The molecule has 1 fully saturated rings. The zero-order chi connectivity index (χ0) is 18.8. The number of aryl methyl sites for hydroxylation is 2. The smallest absolute Gasteiger partial charge is 0.316 e. The second kappa shape index (κ2) is 7.32. The Bertz CT molecular complexity index is 841. The topological polar surface area (TPSA) is 46.6 Å². The van der Waals surface area contributed by atoms with E-state index in [1.807, 2.05) is 56.3 Å². The Kier molecular flexibility index (Phi) is 5.12. The third-order valence-corrected chi connectivity index (χ3v) is 4.77. The van der Waals surface area contributed by atoms with E-state index in [1.54, 1.807) is 4.90 Å². The summed E-state index contributed by atoms with van der Waals surface area (Å²) in [6.45, 7) is 8.46. The number of anilines is 1. The van der Waals surface area contributed by atoms with Gasteiger partial charge in [-0.25, -0.2) is 0 Å². The molecule has 4 nitrogen and oxygen atoms in total. The highest BCUT2D eigenvalue weighted by atomic mass is 16.5. The highest BCUT2D eigenvalue weighted by Gasteiger charge is 2.36. The van der Waals surface area contributed by atoms with Crippen LogP contribution in [0.1, 0.15) is 42.9 Å². The van der Waals surface area contributed by atoms with Gasteiger partial charge in [0.15, 0.2) is 0 Å². The van der Waals surface area contributed by atoms with Gasteiger partial charge in [-0.05, 0) is 54.7 Å². The molecule has 136 valence electrons. The fourth-order valence-electron chi connectivity index (χ4n) is 3.31. The van der Waals surface area contributed by atoms with E-state index in [0.29, 0.717) is 12.3 Å². The molecule has 1 aliphatic rings. The number of carbonyl (C=O) groups is 2. The maximum absolute atomic E-state index is 12.7. The van der Waals surface area contributed by atoms with Gasteiger partial charge in [0.1, 0.15) is 5.75 Å². The Balaban J connectivity index is 1.76. The molecule has 0 N–H and O–H groups in total. The van der Waals surface area contributed by atoms with Crippen LogP contribution in [0.2, 0.25) is 0 Å². The van der Waals surface area contributed by atoms with Crippen molar-refractivity contribution in [3.63, 3.8) is 0 Å². The fraction of sp³-hybridized carbons (Fsp3) is 0.364. The summed E-state index contributed by atoms with van der Waals surface area (Å²) < 4.78 is 5.71. The largest absolute Gasteiger partial charge is 0.426 e. The molecule has 2 aromatic rings. The zero-order valence-corrected chi connectivity index (χ0v) is 15.8. The molecule has 2 aromatic carbocycles. The Morgan fingerprint density at radius 1 is 1.12 bits per heavy atom. The number of amides is 1. The van der Waals surface area contributed by atoms with Gasteiger partial charge in [-0.15, -0.1) is 0 Å². The summed E-state index contributed by atoms with van der Waals surface area (Å²) in [5, 5.41) is 0. The van der Waals surface area contributed by atoms with E-state index < -0.39 is 5.92 Å². The van der Waals surface area contributed by atoms with Crippen LogP contribution >= 0.6 is 0 Å². The number of ether oxygens (including phenoxy) is 1. The molecule has 1 atom stereocenters. The molecule has 0 radical (unpaired) electrons. The maximum Gasteiger partial charge on any atom is 0.316 e. The van der Waals surface area contributed by atoms with E-state index in [9.17, 15) is 9.59 Å². The first-order valence-electron chi connectivity index (χ1n) is 9.04. The normalized spacial score (nSPS) is 17.0. The third-order valence-electron chi connectivity index (χ3n) is 4.77. The molecule has 4 heteroatoms. The molecule has 26 heavy (non-hydrogen) atoms. The van der Waals surface area contributed by atoms with Gasteiger partial charge in [-0.3, -0.25) is 9.59 Å². The monoisotopic (exact) mass is 351 g/mol. The lowest BCUT2D eigenvalue weighted by atomic mass is 10.0.